The molecule has 0 unspecified atom stereocenters. The summed E-state index contributed by atoms with van der Waals surface area (Å²) in [5, 5.41) is 5.82. The molecule has 6 rings (SSSR count). The topological polar surface area (TPSA) is 78.9 Å². The lowest BCUT2D eigenvalue weighted by molar-refractivity contribution is 0.305. The second-order valence-corrected chi connectivity index (χ2v) is 10.7. The molecule has 0 aliphatic carbocycles. The van der Waals surface area contributed by atoms with Crippen molar-refractivity contribution in [3.8, 4) is 23.1 Å². The van der Waals surface area contributed by atoms with Gasteiger partial charge in [-0.3, -0.25) is 4.79 Å². The first kappa shape index (κ1) is 26.0. The van der Waals surface area contributed by atoms with Gasteiger partial charge in [0.25, 0.3) is 5.56 Å². The van der Waals surface area contributed by atoms with Crippen LogP contribution in [0.1, 0.15) is 11.1 Å². The summed E-state index contributed by atoms with van der Waals surface area (Å²) in [6.45, 7) is 0.374. The minimum absolute atomic E-state index is 0.269. The molecule has 9 heteroatoms. The summed E-state index contributed by atoms with van der Waals surface area (Å²) in [6, 6.07) is 28.1. The van der Waals surface area contributed by atoms with Crippen LogP contribution >= 0.6 is 31.9 Å². The normalized spacial score (nSPS) is 11.5. The number of hydrogen-bond acceptors (Lipinski definition) is 6. The van der Waals surface area contributed by atoms with E-state index in [0.29, 0.717) is 45.9 Å². The van der Waals surface area contributed by atoms with Crippen LogP contribution in [0.2, 0.25) is 0 Å². The van der Waals surface area contributed by atoms with Gasteiger partial charge in [-0.1, -0.05) is 62.2 Å². The zero-order valence-corrected chi connectivity index (χ0v) is 24.3. The number of nitrogens with zero attached hydrogens (tertiary/aromatic N) is 3. The Morgan fingerprint density at radius 3 is 2.52 bits per heavy atom. The molecule has 2 heterocycles. The van der Waals surface area contributed by atoms with Crippen LogP contribution < -0.4 is 15.0 Å². The molecule has 0 bridgehead atoms. The Morgan fingerprint density at radius 1 is 0.900 bits per heavy atom. The highest BCUT2D eigenvalue weighted by molar-refractivity contribution is 9.10. The lowest BCUT2D eigenvalue weighted by Gasteiger charge is -2.11. The summed E-state index contributed by atoms with van der Waals surface area (Å²) >= 11 is 6.98. The smallest absolute Gasteiger partial charge is 0.282 e. The fraction of sp³-hybridized carbons (Fsp3) is 0.0645. The fourth-order valence-electron chi connectivity index (χ4n) is 4.33. The Labute approximate surface area is 245 Å². The first-order chi connectivity index (χ1) is 19.5. The number of hydrogen-bond donors (Lipinski definition) is 0. The number of rotatable bonds is 7. The van der Waals surface area contributed by atoms with Gasteiger partial charge in [0.05, 0.1) is 29.6 Å². The molecule has 198 valence electrons. The van der Waals surface area contributed by atoms with E-state index in [1.165, 1.54) is 4.68 Å². The third-order valence-corrected chi connectivity index (χ3v) is 7.33. The molecule has 0 aliphatic heterocycles. The standard InChI is InChI=1S/C31H21Br2N3O4/c1-38-27-7-4-8-28-24(27)16-29(40-28)30-35-25-6-3-2-5-23(25)31(37)36(30)34-17-20-15-22(33)13-14-26(20)39-18-19-9-11-21(32)12-10-19/h2-17H,18H2,1H3. The summed E-state index contributed by atoms with van der Waals surface area (Å²) in [5.41, 5.74) is 2.54. The number of halogens is 2. The van der Waals surface area contributed by atoms with Gasteiger partial charge in [0.15, 0.2) is 5.76 Å². The highest BCUT2D eigenvalue weighted by atomic mass is 79.9. The first-order valence-corrected chi connectivity index (χ1v) is 13.9. The van der Waals surface area contributed by atoms with Crippen molar-refractivity contribution in [1.29, 1.82) is 0 Å². The van der Waals surface area contributed by atoms with Gasteiger partial charge >= 0.3 is 0 Å². The largest absolute Gasteiger partial charge is 0.496 e. The molecule has 0 aliphatic rings. The predicted octanol–water partition coefficient (Wildman–Crippen LogP) is 7.80. The van der Waals surface area contributed by atoms with E-state index in [9.17, 15) is 4.79 Å². The fourth-order valence-corrected chi connectivity index (χ4v) is 4.97. The molecular formula is C31H21Br2N3O4. The Morgan fingerprint density at radius 2 is 1.70 bits per heavy atom. The van der Waals surface area contributed by atoms with Gasteiger partial charge in [0, 0.05) is 14.5 Å². The molecule has 0 N–H and O–H groups in total. The van der Waals surface area contributed by atoms with Gasteiger partial charge in [-0.05, 0) is 66.2 Å². The summed E-state index contributed by atoms with van der Waals surface area (Å²) < 4.78 is 20.8. The van der Waals surface area contributed by atoms with Crippen LogP contribution in [0, 0.1) is 0 Å². The van der Waals surface area contributed by atoms with Crippen LogP contribution in [-0.4, -0.2) is 23.0 Å². The summed E-state index contributed by atoms with van der Waals surface area (Å²) in [7, 11) is 1.60. The molecule has 6 aromatic rings. The van der Waals surface area contributed by atoms with Crippen LogP contribution in [-0.2, 0) is 6.61 Å². The van der Waals surface area contributed by atoms with Crippen molar-refractivity contribution >= 4 is 59.9 Å². The van der Waals surface area contributed by atoms with Crippen molar-refractivity contribution in [1.82, 2.24) is 9.66 Å². The van der Waals surface area contributed by atoms with Crippen LogP contribution in [0.5, 0.6) is 11.5 Å². The van der Waals surface area contributed by atoms with Crippen LogP contribution in [0.3, 0.4) is 0 Å². The minimum atomic E-state index is -0.323. The number of para-hydroxylation sites is 1. The summed E-state index contributed by atoms with van der Waals surface area (Å²) in [4.78, 5) is 18.4. The number of fused-ring (bicyclic) bond motifs is 2. The maximum absolute atomic E-state index is 13.7. The van der Waals surface area contributed by atoms with E-state index < -0.39 is 0 Å². The monoisotopic (exact) mass is 657 g/mol. The molecule has 7 nitrogen and oxygen atoms in total. The van der Waals surface area contributed by atoms with Crippen molar-refractivity contribution in [3.05, 3.63) is 121 Å². The molecule has 0 atom stereocenters. The SMILES string of the molecule is COc1cccc2oc(-c3nc4ccccc4c(=O)n3N=Cc3cc(Br)ccc3OCc3ccc(Br)cc3)cc12. The highest BCUT2D eigenvalue weighted by Gasteiger charge is 2.18. The molecule has 2 aromatic heterocycles. The van der Waals surface area contributed by atoms with Crippen LogP contribution in [0.4, 0.5) is 0 Å². The van der Waals surface area contributed by atoms with E-state index in [4.69, 9.17) is 18.9 Å². The Balaban J connectivity index is 1.44. The maximum atomic E-state index is 13.7. The average molecular weight is 659 g/mol. The summed E-state index contributed by atoms with van der Waals surface area (Å²) in [6.07, 6.45) is 1.59. The first-order valence-electron chi connectivity index (χ1n) is 12.3. The number of ether oxygens (including phenoxy) is 2. The Bertz CT molecular complexity index is 1950. The van der Waals surface area contributed by atoms with Crippen molar-refractivity contribution in [2.75, 3.05) is 7.11 Å². The third-order valence-electron chi connectivity index (χ3n) is 6.31. The molecule has 4 aromatic carbocycles. The van der Waals surface area contributed by atoms with E-state index in [1.807, 2.05) is 72.8 Å². The Kier molecular flexibility index (Phi) is 7.23. The van der Waals surface area contributed by atoms with Gasteiger partial charge in [-0.2, -0.15) is 9.78 Å². The third kappa shape index (κ3) is 5.17. The average Bonchev–Trinajstić information content (AvgIpc) is 3.41. The van der Waals surface area contributed by atoms with Crippen molar-refractivity contribution in [3.63, 3.8) is 0 Å². The molecule has 0 spiro atoms. The number of aromatic nitrogens is 2. The van der Waals surface area contributed by atoms with Gasteiger partial charge in [-0.15, -0.1) is 0 Å². The van der Waals surface area contributed by atoms with E-state index in [1.54, 1.807) is 31.5 Å². The lowest BCUT2D eigenvalue weighted by Crippen LogP contribution is -2.20. The number of furan rings is 1. The van der Waals surface area contributed by atoms with Gasteiger partial charge in [0.1, 0.15) is 23.7 Å². The summed E-state index contributed by atoms with van der Waals surface area (Å²) in [5.74, 6) is 1.94. The van der Waals surface area contributed by atoms with Gasteiger partial charge in [0.2, 0.25) is 5.82 Å². The van der Waals surface area contributed by atoms with Crippen molar-refractivity contribution < 1.29 is 13.9 Å². The lowest BCUT2D eigenvalue weighted by atomic mass is 10.2. The molecule has 0 radical (unpaired) electrons. The number of methoxy groups -OCH3 is 1. The van der Waals surface area contributed by atoms with E-state index >= 15 is 0 Å². The molecular weight excluding hydrogens is 638 g/mol. The van der Waals surface area contributed by atoms with Gasteiger partial charge in [-0.25, -0.2) is 4.98 Å². The number of benzene rings is 4. The quantitative estimate of drug-likeness (QED) is 0.164. The predicted molar refractivity (Wildman–Crippen MR) is 163 cm³/mol. The zero-order chi connectivity index (χ0) is 27.6. The van der Waals surface area contributed by atoms with Crippen molar-refractivity contribution in [2.24, 2.45) is 5.10 Å². The van der Waals surface area contributed by atoms with Gasteiger partial charge < -0.3 is 13.9 Å². The van der Waals surface area contributed by atoms with E-state index in [-0.39, 0.29) is 11.4 Å². The molecule has 0 amide bonds. The van der Waals surface area contributed by atoms with E-state index in [0.717, 1.165) is 19.9 Å². The van der Waals surface area contributed by atoms with Crippen molar-refractivity contribution in [2.45, 2.75) is 6.61 Å². The molecule has 40 heavy (non-hydrogen) atoms. The minimum Gasteiger partial charge on any atom is -0.496 e. The van der Waals surface area contributed by atoms with Crippen LogP contribution in [0.25, 0.3) is 33.5 Å². The Hall–Kier alpha value is -4.21. The highest BCUT2D eigenvalue weighted by Crippen LogP contribution is 2.33. The molecule has 0 saturated heterocycles. The molecule has 0 fully saturated rings. The van der Waals surface area contributed by atoms with E-state index in [2.05, 4.69) is 37.0 Å². The molecule has 0 saturated carbocycles. The van der Waals surface area contributed by atoms with Crippen LogP contribution in [0.15, 0.2) is 114 Å². The zero-order valence-electron chi connectivity index (χ0n) is 21.2. The maximum Gasteiger partial charge on any atom is 0.282 e. The second-order valence-electron chi connectivity index (χ2n) is 8.89. The second kappa shape index (κ2) is 11.1.